The van der Waals surface area contributed by atoms with E-state index in [4.69, 9.17) is 5.73 Å². The van der Waals surface area contributed by atoms with Gasteiger partial charge in [0, 0.05) is 6.42 Å². The molecule has 0 aliphatic rings. The number of carbonyl (C=O) groups excluding carboxylic acids is 1. The predicted octanol–water partition coefficient (Wildman–Crippen LogP) is 3.82. The average molecular weight is 227 g/mol. The van der Waals surface area contributed by atoms with Gasteiger partial charge in [-0.2, -0.15) is 0 Å². The smallest absolute Gasteiger partial charge is 0.152 e. The Morgan fingerprint density at radius 3 is 1.94 bits per heavy atom. The van der Waals surface area contributed by atoms with Crippen LogP contribution in [0.5, 0.6) is 0 Å². The number of Topliss-reactive ketones (excluding diaryl/α,β-unsaturated/α-hetero) is 1. The number of hydrogen-bond acceptors (Lipinski definition) is 2. The molecule has 0 atom stereocenters. The van der Waals surface area contributed by atoms with Gasteiger partial charge in [0.05, 0.1) is 5.54 Å². The van der Waals surface area contributed by atoms with Crippen molar-refractivity contribution in [2.24, 2.45) is 5.73 Å². The van der Waals surface area contributed by atoms with Gasteiger partial charge in [-0.05, 0) is 19.3 Å². The number of hydrogen-bond donors (Lipinski definition) is 1. The molecule has 0 aromatic heterocycles. The van der Waals surface area contributed by atoms with Gasteiger partial charge in [-0.3, -0.25) is 4.79 Å². The van der Waals surface area contributed by atoms with Crippen LogP contribution in [0, 0.1) is 0 Å². The van der Waals surface area contributed by atoms with Crippen LogP contribution in [0.1, 0.15) is 78.6 Å². The van der Waals surface area contributed by atoms with E-state index < -0.39 is 5.54 Å². The Bertz CT molecular complexity index is 185. The first-order chi connectivity index (χ1) is 7.60. The molecule has 0 aliphatic carbocycles. The molecule has 0 fully saturated rings. The molecule has 96 valence electrons. The van der Waals surface area contributed by atoms with Crippen LogP contribution < -0.4 is 5.73 Å². The van der Waals surface area contributed by atoms with Gasteiger partial charge in [0.1, 0.15) is 0 Å². The van der Waals surface area contributed by atoms with Gasteiger partial charge in [0.25, 0.3) is 0 Å². The molecular weight excluding hydrogens is 198 g/mol. The van der Waals surface area contributed by atoms with Gasteiger partial charge < -0.3 is 5.73 Å². The van der Waals surface area contributed by atoms with E-state index in [1.807, 2.05) is 13.8 Å². The third-order valence-electron chi connectivity index (χ3n) is 3.57. The summed E-state index contributed by atoms with van der Waals surface area (Å²) in [6.07, 6.45) is 9.55. The lowest BCUT2D eigenvalue weighted by molar-refractivity contribution is -0.124. The van der Waals surface area contributed by atoms with Crippen LogP contribution in [-0.2, 0) is 4.79 Å². The highest BCUT2D eigenvalue weighted by atomic mass is 16.1. The van der Waals surface area contributed by atoms with E-state index in [1.54, 1.807) is 0 Å². The molecule has 0 radical (unpaired) electrons. The Kier molecular flexibility index (Phi) is 8.54. The van der Waals surface area contributed by atoms with Crippen LogP contribution in [-0.4, -0.2) is 11.3 Å². The van der Waals surface area contributed by atoms with Crippen molar-refractivity contribution in [3.8, 4) is 0 Å². The van der Waals surface area contributed by atoms with E-state index in [9.17, 15) is 4.79 Å². The van der Waals surface area contributed by atoms with Crippen LogP contribution >= 0.6 is 0 Å². The standard InChI is InChI=1S/C14H29NO/c1-4-7-8-9-10-11-12-13(16)14(15,5-2)6-3/h4-12,15H2,1-3H3. The molecule has 0 aromatic rings. The molecule has 0 bridgehead atoms. The zero-order valence-corrected chi connectivity index (χ0v) is 11.3. The first-order valence-corrected chi connectivity index (χ1v) is 6.92. The fourth-order valence-corrected chi connectivity index (χ4v) is 1.96. The molecule has 0 spiro atoms. The highest BCUT2D eigenvalue weighted by molar-refractivity contribution is 5.87. The largest absolute Gasteiger partial charge is 0.319 e. The second kappa shape index (κ2) is 8.74. The summed E-state index contributed by atoms with van der Waals surface area (Å²) in [5, 5.41) is 0. The van der Waals surface area contributed by atoms with Crippen molar-refractivity contribution in [1.82, 2.24) is 0 Å². The Labute approximate surface area is 101 Å². The second-order valence-corrected chi connectivity index (χ2v) is 4.80. The normalized spacial score (nSPS) is 11.8. The first-order valence-electron chi connectivity index (χ1n) is 6.92. The molecule has 2 nitrogen and oxygen atoms in total. The molecule has 0 rings (SSSR count). The summed E-state index contributed by atoms with van der Waals surface area (Å²) in [6, 6.07) is 0. The van der Waals surface area contributed by atoms with Crippen molar-refractivity contribution < 1.29 is 4.79 Å². The quantitative estimate of drug-likeness (QED) is 0.576. The molecule has 2 N–H and O–H groups in total. The topological polar surface area (TPSA) is 43.1 Å². The van der Waals surface area contributed by atoms with E-state index in [0.29, 0.717) is 6.42 Å². The predicted molar refractivity (Wildman–Crippen MR) is 70.5 cm³/mol. The van der Waals surface area contributed by atoms with Gasteiger partial charge in [-0.25, -0.2) is 0 Å². The molecular formula is C14H29NO. The van der Waals surface area contributed by atoms with Crippen molar-refractivity contribution >= 4 is 5.78 Å². The van der Waals surface area contributed by atoms with E-state index in [1.165, 1.54) is 32.1 Å². The maximum absolute atomic E-state index is 11.9. The van der Waals surface area contributed by atoms with Crippen molar-refractivity contribution in [3.05, 3.63) is 0 Å². The Hall–Kier alpha value is -0.370. The molecule has 0 saturated carbocycles. The monoisotopic (exact) mass is 227 g/mol. The van der Waals surface area contributed by atoms with Gasteiger partial charge >= 0.3 is 0 Å². The van der Waals surface area contributed by atoms with E-state index in [2.05, 4.69) is 6.92 Å². The summed E-state index contributed by atoms with van der Waals surface area (Å²) < 4.78 is 0. The van der Waals surface area contributed by atoms with Gasteiger partial charge in [0.2, 0.25) is 0 Å². The lowest BCUT2D eigenvalue weighted by Crippen LogP contribution is -2.46. The number of nitrogens with two attached hydrogens (primary N) is 1. The molecule has 0 saturated heterocycles. The fraction of sp³-hybridized carbons (Fsp3) is 0.929. The zero-order valence-electron chi connectivity index (χ0n) is 11.3. The molecule has 2 heteroatoms. The van der Waals surface area contributed by atoms with Crippen molar-refractivity contribution in [1.29, 1.82) is 0 Å². The molecule has 16 heavy (non-hydrogen) atoms. The maximum atomic E-state index is 11.9. The lowest BCUT2D eigenvalue weighted by Gasteiger charge is -2.24. The zero-order chi connectivity index (χ0) is 12.4. The van der Waals surface area contributed by atoms with Crippen molar-refractivity contribution in [2.75, 3.05) is 0 Å². The summed E-state index contributed by atoms with van der Waals surface area (Å²) in [6.45, 7) is 6.22. The first kappa shape index (κ1) is 15.6. The minimum atomic E-state index is -0.552. The Morgan fingerprint density at radius 1 is 0.938 bits per heavy atom. The highest BCUT2D eigenvalue weighted by Crippen LogP contribution is 2.17. The van der Waals surface area contributed by atoms with E-state index in [-0.39, 0.29) is 5.78 Å². The minimum absolute atomic E-state index is 0.257. The summed E-state index contributed by atoms with van der Waals surface area (Å²) >= 11 is 0. The van der Waals surface area contributed by atoms with Crippen molar-refractivity contribution in [2.45, 2.75) is 84.1 Å². The molecule has 0 unspecified atom stereocenters. The van der Waals surface area contributed by atoms with Gasteiger partial charge in [0.15, 0.2) is 5.78 Å². The molecule has 0 amide bonds. The summed E-state index contributed by atoms with van der Waals surface area (Å²) in [5.74, 6) is 0.257. The number of rotatable bonds is 10. The Balaban J connectivity index is 3.64. The molecule has 0 aromatic carbocycles. The number of ketones is 1. The Morgan fingerprint density at radius 2 is 1.44 bits per heavy atom. The van der Waals surface area contributed by atoms with Crippen LogP contribution in [0.4, 0.5) is 0 Å². The third kappa shape index (κ3) is 5.64. The molecule has 0 aliphatic heterocycles. The lowest BCUT2D eigenvalue weighted by atomic mass is 9.86. The summed E-state index contributed by atoms with van der Waals surface area (Å²) in [7, 11) is 0. The molecule has 0 heterocycles. The van der Waals surface area contributed by atoms with Gasteiger partial charge in [-0.1, -0.05) is 52.9 Å². The van der Waals surface area contributed by atoms with Crippen molar-refractivity contribution in [3.63, 3.8) is 0 Å². The van der Waals surface area contributed by atoms with Crippen LogP contribution in [0.15, 0.2) is 0 Å². The van der Waals surface area contributed by atoms with Crippen LogP contribution in [0.25, 0.3) is 0 Å². The highest BCUT2D eigenvalue weighted by Gasteiger charge is 2.28. The minimum Gasteiger partial charge on any atom is -0.319 e. The summed E-state index contributed by atoms with van der Waals surface area (Å²) in [5.41, 5.74) is 5.50. The van der Waals surface area contributed by atoms with Crippen LogP contribution in [0.2, 0.25) is 0 Å². The van der Waals surface area contributed by atoms with Crippen LogP contribution in [0.3, 0.4) is 0 Å². The second-order valence-electron chi connectivity index (χ2n) is 4.80. The SMILES string of the molecule is CCCCCCCCC(=O)C(N)(CC)CC. The third-order valence-corrected chi connectivity index (χ3v) is 3.57. The van der Waals surface area contributed by atoms with Gasteiger partial charge in [-0.15, -0.1) is 0 Å². The van der Waals surface area contributed by atoms with E-state index >= 15 is 0 Å². The summed E-state index contributed by atoms with van der Waals surface area (Å²) in [4.78, 5) is 11.9. The maximum Gasteiger partial charge on any atom is 0.152 e. The number of unbranched alkanes of at least 4 members (excludes halogenated alkanes) is 5. The fourth-order valence-electron chi connectivity index (χ4n) is 1.96. The number of carbonyl (C=O) groups is 1. The van der Waals surface area contributed by atoms with E-state index in [0.717, 1.165) is 19.3 Å². The average Bonchev–Trinajstić information content (AvgIpc) is 2.32.